The minimum Gasteiger partial charge on any atom is -0.450 e. The minimum atomic E-state index is -3.66. The number of rotatable bonds is 8. The van der Waals surface area contributed by atoms with Crippen LogP contribution in [-0.4, -0.2) is 124 Å². The molecule has 0 aromatic heterocycles. The van der Waals surface area contributed by atoms with Gasteiger partial charge in [0.25, 0.3) is 10.2 Å². The molecule has 3 fully saturated rings. The van der Waals surface area contributed by atoms with Crippen LogP contribution in [0.25, 0.3) is 0 Å². The Bertz CT molecular complexity index is 722. The summed E-state index contributed by atoms with van der Waals surface area (Å²) in [6, 6.07) is 0. The van der Waals surface area contributed by atoms with E-state index in [0.29, 0.717) is 45.6 Å². The van der Waals surface area contributed by atoms with Crippen molar-refractivity contribution in [2.45, 2.75) is 26.2 Å². The largest absolute Gasteiger partial charge is 0.450 e. The Morgan fingerprint density at radius 3 is 2.44 bits per heavy atom. The van der Waals surface area contributed by atoms with Gasteiger partial charge in [-0.1, -0.05) is 0 Å². The monoisotopic (exact) mass is 475 g/mol. The van der Waals surface area contributed by atoms with E-state index in [2.05, 4.69) is 10.2 Å². The van der Waals surface area contributed by atoms with Gasteiger partial charge < -0.3 is 19.7 Å². The fourth-order valence-electron chi connectivity index (χ4n) is 4.33. The van der Waals surface area contributed by atoms with Crippen molar-refractivity contribution in [1.82, 2.24) is 23.7 Å². The molecule has 184 valence electrons. The van der Waals surface area contributed by atoms with E-state index in [9.17, 15) is 18.0 Å². The molecule has 0 bridgehead atoms. The van der Waals surface area contributed by atoms with Crippen LogP contribution in [0.1, 0.15) is 26.2 Å². The number of ether oxygens (including phenoxy) is 2. The van der Waals surface area contributed by atoms with Crippen molar-refractivity contribution in [3.63, 3.8) is 0 Å². The number of hydrogen-bond acceptors (Lipinski definition) is 7. The molecule has 12 heteroatoms. The van der Waals surface area contributed by atoms with Crippen LogP contribution in [0.2, 0.25) is 0 Å². The van der Waals surface area contributed by atoms with Crippen molar-refractivity contribution in [3.05, 3.63) is 0 Å². The molecule has 0 aromatic carbocycles. The third-order valence-corrected chi connectivity index (χ3v) is 8.23. The lowest BCUT2D eigenvalue weighted by atomic mass is 9.99. The van der Waals surface area contributed by atoms with Gasteiger partial charge in [0.2, 0.25) is 5.91 Å². The zero-order chi connectivity index (χ0) is 23.0. The van der Waals surface area contributed by atoms with Gasteiger partial charge in [-0.25, -0.2) is 4.79 Å². The van der Waals surface area contributed by atoms with Crippen molar-refractivity contribution in [1.29, 1.82) is 0 Å². The molecule has 0 unspecified atom stereocenters. The fourth-order valence-corrected chi connectivity index (χ4v) is 6.01. The number of piperazine rings is 1. The first kappa shape index (κ1) is 25.2. The zero-order valence-electron chi connectivity index (χ0n) is 19.0. The van der Waals surface area contributed by atoms with Gasteiger partial charge in [-0.3, -0.25) is 9.69 Å². The molecule has 2 amide bonds. The number of hydrogen-bond donors (Lipinski definition) is 1. The van der Waals surface area contributed by atoms with Gasteiger partial charge in [-0.15, -0.1) is 0 Å². The highest BCUT2D eigenvalue weighted by Crippen LogP contribution is 2.22. The molecule has 3 heterocycles. The molecule has 0 spiro atoms. The van der Waals surface area contributed by atoms with Crippen molar-refractivity contribution in [2.24, 2.45) is 5.92 Å². The van der Waals surface area contributed by atoms with E-state index in [1.54, 1.807) is 6.92 Å². The number of piperidine rings is 1. The van der Waals surface area contributed by atoms with Gasteiger partial charge in [0.1, 0.15) is 0 Å². The Labute approximate surface area is 191 Å². The molecule has 1 N–H and O–H groups in total. The quantitative estimate of drug-likeness (QED) is 0.474. The molecule has 32 heavy (non-hydrogen) atoms. The zero-order valence-corrected chi connectivity index (χ0v) is 19.9. The summed E-state index contributed by atoms with van der Waals surface area (Å²) in [5, 5.41) is 2.98. The Morgan fingerprint density at radius 2 is 1.75 bits per heavy atom. The molecule has 3 rings (SSSR count). The summed E-state index contributed by atoms with van der Waals surface area (Å²) in [5.41, 5.74) is 0. The molecule has 3 saturated heterocycles. The highest BCUT2D eigenvalue weighted by Gasteiger charge is 2.37. The van der Waals surface area contributed by atoms with Gasteiger partial charge in [-0.05, 0) is 32.7 Å². The Kier molecular flexibility index (Phi) is 9.53. The van der Waals surface area contributed by atoms with Gasteiger partial charge >= 0.3 is 6.09 Å². The Balaban J connectivity index is 1.42. The summed E-state index contributed by atoms with van der Waals surface area (Å²) in [5.74, 6) is -0.401. The number of nitrogens with zero attached hydrogens (tertiary/aromatic N) is 4. The van der Waals surface area contributed by atoms with Crippen LogP contribution < -0.4 is 5.32 Å². The molecule has 11 nitrogen and oxygen atoms in total. The molecular weight excluding hydrogens is 438 g/mol. The van der Waals surface area contributed by atoms with Crippen LogP contribution in [-0.2, 0) is 24.5 Å². The Morgan fingerprint density at radius 1 is 1.03 bits per heavy atom. The summed E-state index contributed by atoms with van der Waals surface area (Å²) in [7, 11) is -3.66. The lowest BCUT2D eigenvalue weighted by Gasteiger charge is -2.38. The molecule has 0 aromatic rings. The average Bonchev–Trinajstić information content (AvgIpc) is 2.82. The minimum absolute atomic E-state index is 0.0704. The normalized spacial score (nSPS) is 24.3. The third-order valence-electron chi connectivity index (χ3n) is 6.23. The smallest absolute Gasteiger partial charge is 0.409 e. The van der Waals surface area contributed by atoms with Crippen molar-refractivity contribution in [2.75, 3.05) is 85.3 Å². The van der Waals surface area contributed by atoms with E-state index in [1.165, 1.54) is 13.5 Å². The number of amides is 2. The number of carbonyl (C=O) groups excluding carboxylic acids is 2. The summed E-state index contributed by atoms with van der Waals surface area (Å²) < 4.78 is 39.4. The van der Waals surface area contributed by atoms with Crippen LogP contribution in [0.15, 0.2) is 0 Å². The average molecular weight is 476 g/mol. The summed E-state index contributed by atoms with van der Waals surface area (Å²) >= 11 is 0. The summed E-state index contributed by atoms with van der Waals surface area (Å²) in [6.07, 6.45) is 1.81. The molecule has 3 aliphatic heterocycles. The second kappa shape index (κ2) is 12.1. The van der Waals surface area contributed by atoms with E-state index < -0.39 is 16.3 Å². The summed E-state index contributed by atoms with van der Waals surface area (Å²) in [4.78, 5) is 28.3. The highest BCUT2D eigenvalue weighted by molar-refractivity contribution is 7.86. The standard InChI is InChI=1S/C20H37N5O6S/c1-2-31-20(27)23-9-11-24(12-10-23)32(28,29)25-8-3-5-18(17-25)19(26)21-6-4-7-22-13-15-30-16-14-22/h18H,2-17H2,1H3,(H,21,26)/t18-/m1/s1. The van der Waals surface area contributed by atoms with E-state index in [-0.39, 0.29) is 31.5 Å². The molecular formula is C20H37N5O6S. The molecule has 1 atom stereocenters. The summed E-state index contributed by atoms with van der Waals surface area (Å²) in [6.45, 7) is 8.62. The van der Waals surface area contributed by atoms with Gasteiger partial charge in [0.15, 0.2) is 0 Å². The van der Waals surface area contributed by atoms with Crippen LogP contribution in [0.4, 0.5) is 4.79 Å². The number of carbonyl (C=O) groups is 2. The van der Waals surface area contributed by atoms with Crippen molar-refractivity contribution in [3.8, 4) is 0 Å². The van der Waals surface area contributed by atoms with E-state index in [0.717, 1.165) is 39.3 Å². The second-order valence-electron chi connectivity index (χ2n) is 8.39. The SMILES string of the molecule is CCOC(=O)N1CCN(S(=O)(=O)N2CCC[C@@H](C(=O)NCCCN3CCOCC3)C2)CC1. The van der Waals surface area contributed by atoms with Crippen LogP contribution in [0.3, 0.4) is 0 Å². The maximum absolute atomic E-state index is 13.1. The van der Waals surface area contributed by atoms with Crippen molar-refractivity contribution < 1.29 is 27.5 Å². The molecule has 0 radical (unpaired) electrons. The second-order valence-corrected chi connectivity index (χ2v) is 10.3. The van der Waals surface area contributed by atoms with E-state index in [1.807, 2.05) is 0 Å². The fraction of sp³-hybridized carbons (Fsp3) is 0.900. The highest BCUT2D eigenvalue weighted by atomic mass is 32.2. The molecule has 0 aliphatic carbocycles. The van der Waals surface area contributed by atoms with Crippen LogP contribution >= 0.6 is 0 Å². The van der Waals surface area contributed by atoms with Gasteiger partial charge in [-0.2, -0.15) is 17.0 Å². The first-order chi connectivity index (χ1) is 15.4. The Hall–Kier alpha value is -1.47. The van der Waals surface area contributed by atoms with Crippen LogP contribution in [0.5, 0.6) is 0 Å². The topological polar surface area (TPSA) is 112 Å². The maximum atomic E-state index is 13.1. The first-order valence-corrected chi connectivity index (χ1v) is 13.1. The first-order valence-electron chi connectivity index (χ1n) is 11.7. The van der Waals surface area contributed by atoms with Gasteiger partial charge in [0, 0.05) is 58.9 Å². The van der Waals surface area contributed by atoms with Crippen LogP contribution in [0, 0.1) is 5.92 Å². The maximum Gasteiger partial charge on any atom is 0.409 e. The van der Waals surface area contributed by atoms with Crippen molar-refractivity contribution >= 4 is 22.2 Å². The number of morpholine rings is 1. The predicted molar refractivity (Wildman–Crippen MR) is 118 cm³/mol. The third kappa shape index (κ3) is 6.77. The van der Waals surface area contributed by atoms with E-state index in [4.69, 9.17) is 9.47 Å². The lowest BCUT2D eigenvalue weighted by Crippen LogP contribution is -2.56. The molecule has 0 saturated carbocycles. The number of nitrogens with one attached hydrogen (secondary N) is 1. The predicted octanol–water partition coefficient (Wildman–Crippen LogP) is -0.444. The van der Waals surface area contributed by atoms with E-state index >= 15 is 0 Å². The molecule has 3 aliphatic rings. The van der Waals surface area contributed by atoms with Gasteiger partial charge in [0.05, 0.1) is 25.7 Å². The lowest BCUT2D eigenvalue weighted by molar-refractivity contribution is -0.126.